The molecule has 0 saturated carbocycles. The smallest absolute Gasteiger partial charge is 0.0518 e. The van der Waals surface area contributed by atoms with E-state index in [4.69, 9.17) is 4.74 Å². The van der Waals surface area contributed by atoms with Crippen molar-refractivity contribution < 1.29 is 4.74 Å². The molecule has 0 atom stereocenters. The van der Waals surface area contributed by atoms with E-state index in [1.807, 2.05) is 0 Å². The summed E-state index contributed by atoms with van der Waals surface area (Å²) in [4.78, 5) is 0. The molecule has 11 heavy (non-hydrogen) atoms. The van der Waals surface area contributed by atoms with Crippen LogP contribution in [0.5, 0.6) is 0 Å². The van der Waals surface area contributed by atoms with E-state index < -0.39 is 0 Å². The number of unbranched alkanes of at least 4 members (excludes halogenated alkanes) is 1. The van der Waals surface area contributed by atoms with Crippen molar-refractivity contribution in [3.8, 4) is 0 Å². The molecule has 0 aliphatic carbocycles. The molecule has 0 aliphatic heterocycles. The van der Waals surface area contributed by atoms with E-state index in [2.05, 4.69) is 26.1 Å². The Bertz CT molecular complexity index is 74.0. The first kappa shape index (κ1) is 10.9. The molecule has 2 nitrogen and oxygen atoms in total. The van der Waals surface area contributed by atoms with Crippen molar-refractivity contribution in [1.29, 1.82) is 0 Å². The number of rotatable bonds is 7. The minimum atomic E-state index is 0.383. The quantitative estimate of drug-likeness (QED) is 0.572. The van der Waals surface area contributed by atoms with Crippen molar-refractivity contribution in [2.75, 3.05) is 19.7 Å². The molecule has 1 N–H and O–H groups in total. The number of hydrogen-bond acceptors (Lipinski definition) is 2. The molecule has 0 bridgehead atoms. The van der Waals surface area contributed by atoms with E-state index in [9.17, 15) is 0 Å². The Hall–Kier alpha value is -0.0800. The van der Waals surface area contributed by atoms with Gasteiger partial charge < -0.3 is 10.1 Å². The Morgan fingerprint density at radius 2 is 2.00 bits per heavy atom. The minimum absolute atomic E-state index is 0.383. The minimum Gasteiger partial charge on any atom is -0.379 e. The van der Waals surface area contributed by atoms with Crippen LogP contribution in [0, 0.1) is 0 Å². The molecule has 0 fully saturated rings. The molecular formula is C9H21NO. The van der Waals surface area contributed by atoms with Crippen LogP contribution in [-0.4, -0.2) is 25.8 Å². The molecule has 2 heteroatoms. The highest BCUT2D eigenvalue weighted by molar-refractivity contribution is 4.45. The lowest BCUT2D eigenvalue weighted by atomic mass is 10.3. The maximum absolute atomic E-state index is 5.39. The molecule has 0 aromatic carbocycles. The Morgan fingerprint density at radius 3 is 2.55 bits per heavy atom. The van der Waals surface area contributed by atoms with E-state index in [-0.39, 0.29) is 0 Å². The van der Waals surface area contributed by atoms with Gasteiger partial charge in [-0.15, -0.1) is 0 Å². The van der Waals surface area contributed by atoms with Crippen molar-refractivity contribution >= 4 is 0 Å². The molecule has 68 valence electrons. The summed E-state index contributed by atoms with van der Waals surface area (Å²) >= 11 is 0. The van der Waals surface area contributed by atoms with E-state index in [0.29, 0.717) is 6.10 Å². The maximum atomic E-state index is 5.39. The fourth-order valence-corrected chi connectivity index (χ4v) is 0.848. The van der Waals surface area contributed by atoms with Crippen molar-refractivity contribution in [3.05, 3.63) is 0 Å². The molecule has 0 unspecified atom stereocenters. The molecule has 0 heterocycles. The SMILES string of the molecule is CCNCCCCOC(C)C. The highest BCUT2D eigenvalue weighted by Gasteiger charge is 1.91. The van der Waals surface area contributed by atoms with Gasteiger partial charge in [0, 0.05) is 6.61 Å². The van der Waals surface area contributed by atoms with Crippen LogP contribution < -0.4 is 5.32 Å². The van der Waals surface area contributed by atoms with Gasteiger partial charge in [0.1, 0.15) is 0 Å². The molecule has 0 rings (SSSR count). The first-order chi connectivity index (χ1) is 5.27. The van der Waals surface area contributed by atoms with E-state index in [1.54, 1.807) is 0 Å². The Kier molecular flexibility index (Phi) is 7.96. The fourth-order valence-electron chi connectivity index (χ4n) is 0.848. The number of nitrogens with one attached hydrogen (secondary N) is 1. The summed E-state index contributed by atoms with van der Waals surface area (Å²) < 4.78 is 5.39. The number of ether oxygens (including phenoxy) is 1. The number of hydrogen-bond donors (Lipinski definition) is 1. The van der Waals surface area contributed by atoms with Crippen LogP contribution in [0.4, 0.5) is 0 Å². The predicted molar refractivity (Wildman–Crippen MR) is 48.9 cm³/mol. The molecular weight excluding hydrogens is 138 g/mol. The van der Waals surface area contributed by atoms with Gasteiger partial charge in [0.25, 0.3) is 0 Å². The molecule has 0 aromatic rings. The molecule has 0 radical (unpaired) electrons. The average molecular weight is 159 g/mol. The first-order valence-electron chi connectivity index (χ1n) is 4.59. The topological polar surface area (TPSA) is 21.3 Å². The lowest BCUT2D eigenvalue weighted by molar-refractivity contribution is 0.0761. The third-order valence-electron chi connectivity index (χ3n) is 1.45. The first-order valence-corrected chi connectivity index (χ1v) is 4.59. The molecule has 0 amide bonds. The molecule has 0 aromatic heterocycles. The molecule has 0 spiro atoms. The van der Waals surface area contributed by atoms with E-state index >= 15 is 0 Å². The summed E-state index contributed by atoms with van der Waals surface area (Å²) in [5, 5.41) is 3.28. The van der Waals surface area contributed by atoms with Crippen molar-refractivity contribution in [2.24, 2.45) is 0 Å². The van der Waals surface area contributed by atoms with Gasteiger partial charge >= 0.3 is 0 Å². The molecule has 0 saturated heterocycles. The van der Waals surface area contributed by atoms with E-state index in [1.165, 1.54) is 12.8 Å². The summed E-state index contributed by atoms with van der Waals surface area (Å²) in [7, 11) is 0. The third-order valence-corrected chi connectivity index (χ3v) is 1.45. The van der Waals surface area contributed by atoms with Crippen LogP contribution in [-0.2, 0) is 4.74 Å². The average Bonchev–Trinajstić information content (AvgIpc) is 1.96. The van der Waals surface area contributed by atoms with Crippen molar-refractivity contribution in [1.82, 2.24) is 5.32 Å². The lowest BCUT2D eigenvalue weighted by Gasteiger charge is -2.06. The summed E-state index contributed by atoms with van der Waals surface area (Å²) in [5.41, 5.74) is 0. The third kappa shape index (κ3) is 9.92. The zero-order valence-electron chi connectivity index (χ0n) is 8.02. The van der Waals surface area contributed by atoms with Crippen LogP contribution in [0.2, 0.25) is 0 Å². The second-order valence-electron chi connectivity index (χ2n) is 2.98. The van der Waals surface area contributed by atoms with Crippen LogP contribution in [0.1, 0.15) is 33.6 Å². The Morgan fingerprint density at radius 1 is 1.27 bits per heavy atom. The molecule has 0 aliphatic rings. The maximum Gasteiger partial charge on any atom is 0.0518 e. The summed E-state index contributed by atoms with van der Waals surface area (Å²) in [5.74, 6) is 0. The van der Waals surface area contributed by atoms with Crippen LogP contribution in [0.3, 0.4) is 0 Å². The summed E-state index contributed by atoms with van der Waals surface area (Å²) in [6.07, 6.45) is 2.78. The van der Waals surface area contributed by atoms with E-state index in [0.717, 1.165) is 19.7 Å². The van der Waals surface area contributed by atoms with Gasteiger partial charge in [-0.1, -0.05) is 6.92 Å². The second kappa shape index (κ2) is 8.02. The van der Waals surface area contributed by atoms with Gasteiger partial charge in [0.15, 0.2) is 0 Å². The van der Waals surface area contributed by atoms with Gasteiger partial charge in [0.2, 0.25) is 0 Å². The standard InChI is InChI=1S/C9H21NO/c1-4-10-7-5-6-8-11-9(2)3/h9-10H,4-8H2,1-3H3. The van der Waals surface area contributed by atoms with Crippen molar-refractivity contribution in [3.63, 3.8) is 0 Å². The van der Waals surface area contributed by atoms with Crippen LogP contribution in [0.25, 0.3) is 0 Å². The highest BCUT2D eigenvalue weighted by atomic mass is 16.5. The monoisotopic (exact) mass is 159 g/mol. The summed E-state index contributed by atoms with van der Waals surface area (Å²) in [6.45, 7) is 9.38. The van der Waals surface area contributed by atoms with Gasteiger partial charge in [-0.2, -0.15) is 0 Å². The van der Waals surface area contributed by atoms with Gasteiger partial charge in [0.05, 0.1) is 6.10 Å². The largest absolute Gasteiger partial charge is 0.379 e. The van der Waals surface area contributed by atoms with Crippen LogP contribution >= 0.6 is 0 Å². The zero-order chi connectivity index (χ0) is 8.53. The van der Waals surface area contributed by atoms with Crippen molar-refractivity contribution in [2.45, 2.75) is 39.7 Å². The lowest BCUT2D eigenvalue weighted by Crippen LogP contribution is -2.14. The van der Waals surface area contributed by atoms with Gasteiger partial charge in [-0.25, -0.2) is 0 Å². The Balaban J connectivity index is 2.80. The summed E-state index contributed by atoms with van der Waals surface area (Å²) in [6, 6.07) is 0. The fraction of sp³-hybridized carbons (Fsp3) is 1.00. The highest BCUT2D eigenvalue weighted by Crippen LogP contribution is 1.92. The van der Waals surface area contributed by atoms with Gasteiger partial charge in [-0.3, -0.25) is 0 Å². The predicted octanol–water partition coefficient (Wildman–Crippen LogP) is 1.80. The zero-order valence-corrected chi connectivity index (χ0v) is 8.02. The van der Waals surface area contributed by atoms with Crippen LogP contribution in [0.15, 0.2) is 0 Å². The normalized spacial score (nSPS) is 10.9. The Labute approximate surface area is 70.3 Å². The second-order valence-corrected chi connectivity index (χ2v) is 2.98. The van der Waals surface area contributed by atoms with Gasteiger partial charge in [-0.05, 0) is 39.8 Å².